The monoisotopic (exact) mass is 440 g/mol. The van der Waals surface area contributed by atoms with Gasteiger partial charge in [-0.05, 0) is 42.5 Å². The number of nitrogens with zero attached hydrogens (tertiary/aromatic N) is 2. The Morgan fingerprint density at radius 3 is 2.41 bits per heavy atom. The van der Waals surface area contributed by atoms with Crippen LogP contribution in [0.2, 0.25) is 0 Å². The van der Waals surface area contributed by atoms with Crippen molar-refractivity contribution in [1.82, 2.24) is 4.57 Å². The van der Waals surface area contributed by atoms with E-state index in [1.807, 2.05) is 0 Å². The van der Waals surface area contributed by atoms with Crippen molar-refractivity contribution in [2.24, 2.45) is 4.99 Å². The van der Waals surface area contributed by atoms with Crippen LogP contribution in [0.4, 0.5) is 13.2 Å². The summed E-state index contributed by atoms with van der Waals surface area (Å²) in [6.07, 6.45) is -1.80. The number of aromatic nitrogens is 1. The van der Waals surface area contributed by atoms with E-state index in [0.717, 1.165) is 41.9 Å². The van der Waals surface area contributed by atoms with Gasteiger partial charge in [0.25, 0.3) is 5.91 Å². The van der Waals surface area contributed by atoms with Gasteiger partial charge in [0.1, 0.15) is 0 Å². The molecule has 0 bridgehead atoms. The molecule has 3 aromatic rings. The van der Waals surface area contributed by atoms with E-state index in [4.69, 9.17) is 0 Å². The van der Waals surface area contributed by atoms with E-state index >= 15 is 0 Å². The zero-order chi connectivity index (χ0) is 21.4. The molecule has 0 N–H and O–H groups in total. The molecule has 0 aliphatic rings. The van der Waals surface area contributed by atoms with E-state index in [2.05, 4.69) is 11.6 Å². The predicted molar refractivity (Wildman–Crippen MR) is 104 cm³/mol. The van der Waals surface area contributed by atoms with E-state index in [1.165, 1.54) is 12.1 Å². The van der Waals surface area contributed by atoms with Gasteiger partial charge in [0.15, 0.2) is 14.6 Å². The van der Waals surface area contributed by atoms with Gasteiger partial charge in [-0.15, -0.1) is 6.58 Å². The summed E-state index contributed by atoms with van der Waals surface area (Å²) in [4.78, 5) is 16.9. The average Bonchev–Trinajstić information content (AvgIpc) is 2.97. The fourth-order valence-corrected chi connectivity index (χ4v) is 4.43. The zero-order valence-corrected chi connectivity index (χ0v) is 16.7. The zero-order valence-electron chi connectivity index (χ0n) is 15.1. The summed E-state index contributed by atoms with van der Waals surface area (Å²) in [5, 5.41) is 0. The second-order valence-electron chi connectivity index (χ2n) is 6.18. The molecular weight excluding hydrogens is 425 g/mol. The fourth-order valence-electron chi connectivity index (χ4n) is 2.63. The van der Waals surface area contributed by atoms with Gasteiger partial charge in [-0.2, -0.15) is 18.2 Å². The minimum absolute atomic E-state index is 0.0115. The van der Waals surface area contributed by atoms with Crippen LogP contribution < -0.4 is 4.80 Å². The number of halogens is 3. The molecule has 0 spiro atoms. The first kappa shape index (κ1) is 21.0. The molecule has 2 aromatic carbocycles. The Labute approximate surface area is 168 Å². The number of carbonyl (C=O) groups is 1. The molecule has 1 heterocycles. The summed E-state index contributed by atoms with van der Waals surface area (Å²) in [5.74, 6) is -0.702. The molecule has 0 fully saturated rings. The smallest absolute Gasteiger partial charge is 0.312 e. The van der Waals surface area contributed by atoms with Gasteiger partial charge in [-0.25, -0.2) is 8.42 Å². The van der Waals surface area contributed by atoms with E-state index in [0.29, 0.717) is 16.8 Å². The van der Waals surface area contributed by atoms with Gasteiger partial charge in [0, 0.05) is 18.4 Å². The number of hydrogen-bond donors (Lipinski definition) is 0. The molecule has 0 atom stereocenters. The van der Waals surface area contributed by atoms with Crippen molar-refractivity contribution >= 4 is 37.3 Å². The van der Waals surface area contributed by atoms with Gasteiger partial charge in [0.05, 0.1) is 20.7 Å². The highest BCUT2D eigenvalue weighted by molar-refractivity contribution is 7.90. The first-order chi connectivity index (χ1) is 13.5. The van der Waals surface area contributed by atoms with Crippen molar-refractivity contribution in [3.05, 3.63) is 71.0 Å². The Balaban J connectivity index is 2.09. The summed E-state index contributed by atoms with van der Waals surface area (Å²) in [7, 11) is -3.40. The van der Waals surface area contributed by atoms with Crippen molar-refractivity contribution in [2.45, 2.75) is 17.6 Å². The van der Waals surface area contributed by atoms with E-state index in [1.54, 1.807) is 16.7 Å². The van der Waals surface area contributed by atoms with Crippen LogP contribution in [0.1, 0.15) is 15.9 Å². The summed E-state index contributed by atoms with van der Waals surface area (Å²) < 4.78 is 63.9. The highest BCUT2D eigenvalue weighted by atomic mass is 32.2. The number of allylic oxidation sites excluding steroid dienone is 1. The van der Waals surface area contributed by atoms with Gasteiger partial charge in [-0.3, -0.25) is 4.79 Å². The molecule has 3 rings (SSSR count). The highest BCUT2D eigenvalue weighted by Gasteiger charge is 2.30. The van der Waals surface area contributed by atoms with Crippen molar-refractivity contribution < 1.29 is 26.4 Å². The Morgan fingerprint density at radius 1 is 1.21 bits per heavy atom. The molecule has 1 amide bonds. The van der Waals surface area contributed by atoms with Crippen LogP contribution >= 0.6 is 11.3 Å². The molecule has 0 aliphatic heterocycles. The van der Waals surface area contributed by atoms with Crippen molar-refractivity contribution in [1.29, 1.82) is 0 Å². The molecular formula is C19H15F3N2O3S2. The normalized spacial score (nSPS) is 13.0. The van der Waals surface area contributed by atoms with Gasteiger partial charge in [0.2, 0.25) is 0 Å². The first-order valence-corrected chi connectivity index (χ1v) is 10.9. The van der Waals surface area contributed by atoms with E-state index in [-0.39, 0.29) is 15.3 Å². The summed E-state index contributed by atoms with van der Waals surface area (Å²) in [6.45, 7) is 3.98. The Bertz CT molecular complexity index is 1270. The minimum Gasteiger partial charge on any atom is -0.312 e. The van der Waals surface area contributed by atoms with Crippen LogP contribution in [0.5, 0.6) is 0 Å². The molecule has 29 heavy (non-hydrogen) atoms. The molecule has 10 heteroatoms. The van der Waals surface area contributed by atoms with E-state index in [9.17, 15) is 26.4 Å². The lowest BCUT2D eigenvalue weighted by Gasteiger charge is -2.06. The molecule has 152 valence electrons. The van der Waals surface area contributed by atoms with Crippen LogP contribution in [0.25, 0.3) is 10.2 Å². The van der Waals surface area contributed by atoms with Crippen LogP contribution in [0.15, 0.2) is 65.0 Å². The van der Waals surface area contributed by atoms with Crippen LogP contribution in [-0.4, -0.2) is 25.1 Å². The Hall–Kier alpha value is -2.72. The number of sulfone groups is 1. The predicted octanol–water partition coefficient (Wildman–Crippen LogP) is 4.05. The van der Waals surface area contributed by atoms with Gasteiger partial charge in [-0.1, -0.05) is 17.4 Å². The van der Waals surface area contributed by atoms with Crippen LogP contribution in [-0.2, 0) is 22.6 Å². The third-order valence-electron chi connectivity index (χ3n) is 4.05. The largest absolute Gasteiger partial charge is 0.416 e. The molecule has 0 aliphatic carbocycles. The number of amides is 1. The SMILES string of the molecule is C=CCn1c(=NC(=O)c2ccc(C(F)(F)F)cc2)sc2cc(S(C)(=O)=O)ccc21. The molecule has 0 radical (unpaired) electrons. The minimum atomic E-state index is -4.49. The summed E-state index contributed by atoms with van der Waals surface area (Å²) >= 11 is 1.11. The summed E-state index contributed by atoms with van der Waals surface area (Å²) in [5.41, 5.74) is -0.176. The van der Waals surface area contributed by atoms with E-state index < -0.39 is 27.5 Å². The summed E-state index contributed by atoms with van der Waals surface area (Å²) in [6, 6.07) is 8.37. The van der Waals surface area contributed by atoms with Gasteiger partial charge < -0.3 is 4.57 Å². The number of rotatable bonds is 4. The first-order valence-electron chi connectivity index (χ1n) is 8.21. The lowest BCUT2D eigenvalue weighted by molar-refractivity contribution is -0.137. The number of benzene rings is 2. The van der Waals surface area contributed by atoms with Crippen LogP contribution in [0.3, 0.4) is 0 Å². The topological polar surface area (TPSA) is 68.5 Å². The van der Waals surface area contributed by atoms with Gasteiger partial charge >= 0.3 is 6.18 Å². The highest BCUT2D eigenvalue weighted by Crippen LogP contribution is 2.29. The Morgan fingerprint density at radius 2 is 1.86 bits per heavy atom. The maximum atomic E-state index is 12.7. The average molecular weight is 440 g/mol. The van der Waals surface area contributed by atoms with Crippen LogP contribution in [0, 0.1) is 0 Å². The standard InChI is InChI=1S/C19H15F3N2O3S2/c1-3-10-24-15-9-8-14(29(2,26)27)11-16(15)28-18(24)23-17(25)12-4-6-13(7-5-12)19(20,21)22/h3-9,11H,1,10H2,2H3. The van der Waals surface area contributed by atoms with Crippen molar-refractivity contribution in [3.8, 4) is 0 Å². The second kappa shape index (κ2) is 7.60. The molecule has 0 saturated heterocycles. The molecule has 5 nitrogen and oxygen atoms in total. The molecule has 1 aromatic heterocycles. The number of alkyl halides is 3. The molecule has 0 saturated carbocycles. The lowest BCUT2D eigenvalue weighted by atomic mass is 10.1. The Kier molecular flexibility index (Phi) is 5.50. The lowest BCUT2D eigenvalue weighted by Crippen LogP contribution is -2.16. The maximum Gasteiger partial charge on any atom is 0.416 e. The molecule has 0 unspecified atom stereocenters. The number of carbonyl (C=O) groups excluding carboxylic acids is 1. The quantitative estimate of drug-likeness (QED) is 0.575. The maximum absolute atomic E-state index is 12.7. The second-order valence-corrected chi connectivity index (χ2v) is 9.20. The third kappa shape index (κ3) is 4.48. The van der Waals surface area contributed by atoms with Crippen molar-refractivity contribution in [3.63, 3.8) is 0 Å². The number of fused-ring (bicyclic) bond motifs is 1. The third-order valence-corrected chi connectivity index (χ3v) is 6.20. The number of hydrogen-bond acceptors (Lipinski definition) is 4. The fraction of sp³-hybridized carbons (Fsp3) is 0.158. The number of thiazole rings is 1. The van der Waals surface area contributed by atoms with Crippen molar-refractivity contribution in [2.75, 3.05) is 6.26 Å².